The highest BCUT2D eigenvalue weighted by Gasteiger charge is 2.12. The smallest absolute Gasteiger partial charge is 0.0640 e. The number of rotatable bonds is 4. The lowest BCUT2D eigenvalue weighted by Crippen LogP contribution is -2.10. The predicted octanol–water partition coefficient (Wildman–Crippen LogP) is 6.52. The zero-order valence-electron chi connectivity index (χ0n) is 11.4. The number of aryl methyl sites for hydroxylation is 1. The molecule has 0 heterocycles. The van der Waals surface area contributed by atoms with E-state index in [4.69, 9.17) is 34.8 Å². The van der Waals surface area contributed by atoms with Gasteiger partial charge in [-0.05, 0) is 48.7 Å². The fourth-order valence-corrected chi connectivity index (χ4v) is 2.67. The molecule has 1 atom stereocenters. The lowest BCUT2D eigenvalue weighted by Gasteiger charge is -2.20. The van der Waals surface area contributed by atoms with Crippen molar-refractivity contribution in [3.63, 3.8) is 0 Å². The van der Waals surface area contributed by atoms with Crippen molar-refractivity contribution >= 4 is 40.5 Å². The summed E-state index contributed by atoms with van der Waals surface area (Å²) in [6, 6.07) is 11.8. The zero-order valence-corrected chi connectivity index (χ0v) is 13.7. The summed E-state index contributed by atoms with van der Waals surface area (Å²) in [4.78, 5) is 0. The van der Waals surface area contributed by atoms with Gasteiger partial charge in [0, 0.05) is 0 Å². The predicted molar refractivity (Wildman–Crippen MR) is 89.3 cm³/mol. The van der Waals surface area contributed by atoms with Gasteiger partial charge in [0.05, 0.1) is 26.8 Å². The summed E-state index contributed by atoms with van der Waals surface area (Å²) in [6.45, 7) is 4.13. The molecule has 0 saturated heterocycles. The normalized spacial score (nSPS) is 12.2. The number of halogens is 3. The molecule has 2 aromatic carbocycles. The Morgan fingerprint density at radius 3 is 2.30 bits per heavy atom. The summed E-state index contributed by atoms with van der Waals surface area (Å²) < 4.78 is 0. The number of hydrogen-bond acceptors (Lipinski definition) is 1. The van der Waals surface area contributed by atoms with Gasteiger partial charge in [0.2, 0.25) is 0 Å². The van der Waals surface area contributed by atoms with Gasteiger partial charge in [-0.1, -0.05) is 53.9 Å². The number of anilines is 1. The molecule has 0 aromatic heterocycles. The van der Waals surface area contributed by atoms with Gasteiger partial charge in [-0.3, -0.25) is 0 Å². The molecule has 0 spiro atoms. The Morgan fingerprint density at radius 2 is 1.70 bits per heavy atom. The molecule has 0 aliphatic rings. The van der Waals surface area contributed by atoms with Crippen LogP contribution in [0.4, 0.5) is 5.69 Å². The molecule has 20 heavy (non-hydrogen) atoms. The molecule has 106 valence electrons. The summed E-state index contributed by atoms with van der Waals surface area (Å²) in [5, 5.41) is 5.32. The number of benzene rings is 2. The lowest BCUT2D eigenvalue weighted by atomic mass is 10.0. The van der Waals surface area contributed by atoms with Crippen LogP contribution in [-0.4, -0.2) is 0 Å². The molecule has 0 aliphatic heterocycles. The summed E-state index contributed by atoms with van der Waals surface area (Å²) in [7, 11) is 0. The van der Waals surface area contributed by atoms with Crippen molar-refractivity contribution in [2.75, 3.05) is 5.32 Å². The van der Waals surface area contributed by atoms with Crippen LogP contribution in [0, 0.1) is 6.92 Å². The molecule has 2 rings (SSSR count). The molecule has 0 aliphatic carbocycles. The average Bonchev–Trinajstić information content (AvgIpc) is 2.41. The highest BCUT2D eigenvalue weighted by atomic mass is 35.5. The third-order valence-corrected chi connectivity index (χ3v) is 4.26. The molecule has 0 radical (unpaired) electrons. The molecule has 0 fully saturated rings. The largest absolute Gasteiger partial charge is 0.377 e. The molecule has 0 amide bonds. The van der Waals surface area contributed by atoms with E-state index in [1.54, 1.807) is 0 Å². The van der Waals surface area contributed by atoms with Crippen molar-refractivity contribution in [2.24, 2.45) is 0 Å². The first-order valence-electron chi connectivity index (χ1n) is 6.49. The van der Waals surface area contributed by atoms with Crippen LogP contribution in [0.25, 0.3) is 0 Å². The van der Waals surface area contributed by atoms with E-state index in [-0.39, 0.29) is 6.04 Å². The summed E-state index contributed by atoms with van der Waals surface area (Å²) in [5.74, 6) is 0. The Morgan fingerprint density at radius 1 is 0.950 bits per heavy atom. The second-order valence-corrected chi connectivity index (χ2v) is 5.98. The summed E-state index contributed by atoms with van der Waals surface area (Å²) >= 11 is 18.3. The van der Waals surface area contributed by atoms with E-state index < -0.39 is 0 Å². The molecule has 0 saturated carbocycles. The van der Waals surface area contributed by atoms with Gasteiger partial charge in [-0.2, -0.15) is 0 Å². The van der Waals surface area contributed by atoms with E-state index in [2.05, 4.69) is 12.2 Å². The maximum atomic E-state index is 6.26. The van der Waals surface area contributed by atoms with Gasteiger partial charge in [0.15, 0.2) is 0 Å². The first-order valence-corrected chi connectivity index (χ1v) is 7.62. The van der Waals surface area contributed by atoms with Crippen LogP contribution < -0.4 is 5.32 Å². The minimum Gasteiger partial charge on any atom is -0.377 e. The molecule has 1 unspecified atom stereocenters. The van der Waals surface area contributed by atoms with Gasteiger partial charge in [-0.25, -0.2) is 0 Å². The molecular formula is C16H16Cl3N. The van der Waals surface area contributed by atoms with Crippen LogP contribution in [0.1, 0.15) is 30.5 Å². The molecule has 1 nitrogen and oxygen atoms in total. The standard InChI is InChI=1S/C16H16Cl3N/c1-3-15(11-5-6-12(17)13(18)9-11)20-16-7-4-10(2)8-14(16)19/h4-9,15,20H,3H2,1-2H3. The van der Waals surface area contributed by atoms with E-state index in [9.17, 15) is 0 Å². The molecule has 1 N–H and O–H groups in total. The summed E-state index contributed by atoms with van der Waals surface area (Å²) in [6.07, 6.45) is 0.919. The highest BCUT2D eigenvalue weighted by Crippen LogP contribution is 2.31. The van der Waals surface area contributed by atoms with Crippen molar-refractivity contribution in [3.8, 4) is 0 Å². The van der Waals surface area contributed by atoms with Gasteiger partial charge < -0.3 is 5.32 Å². The Kier molecular flexibility index (Phi) is 5.20. The summed E-state index contributed by atoms with van der Waals surface area (Å²) in [5.41, 5.74) is 3.16. The highest BCUT2D eigenvalue weighted by molar-refractivity contribution is 6.42. The van der Waals surface area contributed by atoms with Gasteiger partial charge >= 0.3 is 0 Å². The van der Waals surface area contributed by atoms with Crippen LogP contribution in [0.2, 0.25) is 15.1 Å². The van der Waals surface area contributed by atoms with Crippen LogP contribution in [0.5, 0.6) is 0 Å². The van der Waals surface area contributed by atoms with E-state index in [1.807, 2.05) is 43.3 Å². The minimum absolute atomic E-state index is 0.143. The van der Waals surface area contributed by atoms with Crippen molar-refractivity contribution in [1.29, 1.82) is 0 Å². The lowest BCUT2D eigenvalue weighted by molar-refractivity contribution is 0.749. The molecular weight excluding hydrogens is 313 g/mol. The Balaban J connectivity index is 2.26. The number of nitrogens with one attached hydrogen (secondary N) is 1. The Bertz CT molecular complexity index is 611. The average molecular weight is 329 g/mol. The Hall–Kier alpha value is -0.890. The quantitative estimate of drug-likeness (QED) is 0.673. The van der Waals surface area contributed by atoms with Gasteiger partial charge in [-0.15, -0.1) is 0 Å². The van der Waals surface area contributed by atoms with E-state index in [0.29, 0.717) is 10.0 Å². The van der Waals surface area contributed by atoms with Crippen LogP contribution in [0.15, 0.2) is 36.4 Å². The molecule has 2 aromatic rings. The maximum absolute atomic E-state index is 6.26. The van der Waals surface area contributed by atoms with Crippen molar-refractivity contribution in [3.05, 3.63) is 62.6 Å². The van der Waals surface area contributed by atoms with E-state index >= 15 is 0 Å². The fourth-order valence-electron chi connectivity index (χ4n) is 2.08. The van der Waals surface area contributed by atoms with Crippen molar-refractivity contribution in [2.45, 2.75) is 26.3 Å². The number of hydrogen-bond donors (Lipinski definition) is 1. The van der Waals surface area contributed by atoms with E-state index in [0.717, 1.165) is 28.3 Å². The molecule has 4 heteroatoms. The van der Waals surface area contributed by atoms with Crippen molar-refractivity contribution < 1.29 is 0 Å². The van der Waals surface area contributed by atoms with E-state index in [1.165, 1.54) is 0 Å². The van der Waals surface area contributed by atoms with Gasteiger partial charge in [0.1, 0.15) is 0 Å². The first-order chi connectivity index (χ1) is 9.51. The SMILES string of the molecule is CCC(Nc1ccc(C)cc1Cl)c1ccc(Cl)c(Cl)c1. The minimum atomic E-state index is 0.143. The first kappa shape index (κ1) is 15.5. The van der Waals surface area contributed by atoms with Crippen LogP contribution in [0.3, 0.4) is 0 Å². The van der Waals surface area contributed by atoms with Gasteiger partial charge in [0.25, 0.3) is 0 Å². The monoisotopic (exact) mass is 327 g/mol. The maximum Gasteiger partial charge on any atom is 0.0640 e. The second-order valence-electron chi connectivity index (χ2n) is 4.76. The fraction of sp³-hybridized carbons (Fsp3) is 0.250. The third-order valence-electron chi connectivity index (χ3n) is 3.21. The van der Waals surface area contributed by atoms with Crippen molar-refractivity contribution in [1.82, 2.24) is 0 Å². The topological polar surface area (TPSA) is 12.0 Å². The zero-order chi connectivity index (χ0) is 14.7. The third kappa shape index (κ3) is 3.60. The Labute approximate surface area is 134 Å². The molecule has 0 bridgehead atoms. The second kappa shape index (κ2) is 6.71. The van der Waals surface area contributed by atoms with Crippen LogP contribution in [-0.2, 0) is 0 Å². The van der Waals surface area contributed by atoms with Crippen LogP contribution >= 0.6 is 34.8 Å².